The predicted octanol–water partition coefficient (Wildman–Crippen LogP) is 4.15. The van der Waals surface area contributed by atoms with Gasteiger partial charge in [-0.3, -0.25) is 4.90 Å². The quantitative estimate of drug-likeness (QED) is 0.793. The van der Waals surface area contributed by atoms with Gasteiger partial charge in [0.15, 0.2) is 0 Å². The average molecular weight is 313 g/mol. The molecule has 2 fully saturated rings. The molecule has 1 heterocycles. The van der Waals surface area contributed by atoms with E-state index in [0.29, 0.717) is 4.75 Å². The molecule has 0 radical (unpaired) electrons. The van der Waals surface area contributed by atoms with Gasteiger partial charge in [0, 0.05) is 23.4 Å². The molecule has 3 heteroatoms. The highest BCUT2D eigenvalue weighted by Crippen LogP contribution is 2.40. The molecule has 0 aromatic rings. The minimum Gasteiger partial charge on any atom is -0.314 e. The van der Waals surface area contributed by atoms with Crippen LogP contribution >= 0.6 is 11.8 Å². The van der Waals surface area contributed by atoms with Crippen LogP contribution in [0.15, 0.2) is 0 Å². The molecule has 1 N–H and O–H groups in total. The van der Waals surface area contributed by atoms with E-state index in [1.54, 1.807) is 0 Å². The Kier molecular flexibility index (Phi) is 6.89. The van der Waals surface area contributed by atoms with Crippen LogP contribution in [0.4, 0.5) is 0 Å². The summed E-state index contributed by atoms with van der Waals surface area (Å²) in [7, 11) is 0. The standard InChI is InChI=1S/C18H36N2S/c1-5-12-19-17-9-13-20(16(3)15(17)2)14-18(21-4)10-7-6-8-11-18/h15-17,19H,5-14H2,1-4H3. The minimum atomic E-state index is 0.552. The van der Waals surface area contributed by atoms with Gasteiger partial charge in [-0.1, -0.05) is 33.1 Å². The van der Waals surface area contributed by atoms with Crippen LogP contribution in [0, 0.1) is 5.92 Å². The molecule has 2 aliphatic rings. The zero-order valence-electron chi connectivity index (χ0n) is 14.7. The first-order chi connectivity index (χ1) is 10.1. The third-order valence-electron chi connectivity index (χ3n) is 6.04. The van der Waals surface area contributed by atoms with Gasteiger partial charge in [-0.05, 0) is 57.9 Å². The van der Waals surface area contributed by atoms with Gasteiger partial charge >= 0.3 is 0 Å². The summed E-state index contributed by atoms with van der Waals surface area (Å²) in [5, 5.41) is 3.77. The lowest BCUT2D eigenvalue weighted by Gasteiger charge is -2.48. The summed E-state index contributed by atoms with van der Waals surface area (Å²) >= 11 is 2.15. The molecule has 0 bridgehead atoms. The van der Waals surface area contributed by atoms with Gasteiger partial charge in [0.25, 0.3) is 0 Å². The van der Waals surface area contributed by atoms with Gasteiger partial charge in [0.2, 0.25) is 0 Å². The number of nitrogens with zero attached hydrogens (tertiary/aromatic N) is 1. The van der Waals surface area contributed by atoms with Crippen molar-refractivity contribution in [2.75, 3.05) is 25.9 Å². The van der Waals surface area contributed by atoms with Crippen LogP contribution < -0.4 is 5.32 Å². The van der Waals surface area contributed by atoms with Crippen LogP contribution in [-0.2, 0) is 0 Å². The smallest absolute Gasteiger partial charge is 0.0284 e. The first kappa shape index (κ1) is 17.6. The highest BCUT2D eigenvalue weighted by Gasteiger charge is 2.38. The number of likely N-dealkylation sites (tertiary alicyclic amines) is 1. The van der Waals surface area contributed by atoms with Crippen molar-refractivity contribution < 1.29 is 0 Å². The van der Waals surface area contributed by atoms with Crippen LogP contribution in [0.3, 0.4) is 0 Å². The van der Waals surface area contributed by atoms with Crippen molar-refractivity contribution in [3.05, 3.63) is 0 Å². The van der Waals surface area contributed by atoms with E-state index in [-0.39, 0.29) is 0 Å². The molecular formula is C18H36N2S. The van der Waals surface area contributed by atoms with Crippen LogP contribution in [0.25, 0.3) is 0 Å². The molecule has 0 aromatic carbocycles. The van der Waals surface area contributed by atoms with Crippen molar-refractivity contribution in [2.45, 2.75) is 82.5 Å². The predicted molar refractivity (Wildman–Crippen MR) is 96.2 cm³/mol. The first-order valence-electron chi connectivity index (χ1n) is 9.14. The summed E-state index contributed by atoms with van der Waals surface area (Å²) < 4.78 is 0.552. The molecular weight excluding hydrogens is 276 g/mol. The summed E-state index contributed by atoms with van der Waals surface area (Å²) in [6.07, 6.45) is 12.1. The fourth-order valence-corrected chi connectivity index (χ4v) is 5.27. The highest BCUT2D eigenvalue weighted by molar-refractivity contribution is 8.00. The molecule has 0 amide bonds. The maximum absolute atomic E-state index is 3.77. The molecule has 1 aliphatic heterocycles. The Bertz CT molecular complexity index is 302. The molecule has 3 unspecified atom stereocenters. The van der Waals surface area contributed by atoms with Crippen molar-refractivity contribution in [1.29, 1.82) is 0 Å². The van der Waals surface area contributed by atoms with Crippen LogP contribution in [0.1, 0.15) is 65.7 Å². The molecule has 21 heavy (non-hydrogen) atoms. The Balaban J connectivity index is 1.92. The van der Waals surface area contributed by atoms with Gasteiger partial charge in [-0.15, -0.1) is 0 Å². The summed E-state index contributed by atoms with van der Waals surface area (Å²) in [6.45, 7) is 11.0. The van der Waals surface area contributed by atoms with Crippen molar-refractivity contribution >= 4 is 11.8 Å². The van der Waals surface area contributed by atoms with Crippen LogP contribution in [0.5, 0.6) is 0 Å². The summed E-state index contributed by atoms with van der Waals surface area (Å²) in [5.41, 5.74) is 0. The monoisotopic (exact) mass is 312 g/mol. The Hall–Kier alpha value is 0.270. The minimum absolute atomic E-state index is 0.552. The van der Waals surface area contributed by atoms with E-state index in [1.807, 2.05) is 0 Å². The van der Waals surface area contributed by atoms with E-state index in [0.717, 1.165) is 18.0 Å². The van der Waals surface area contributed by atoms with E-state index in [1.165, 1.54) is 64.6 Å². The van der Waals surface area contributed by atoms with Gasteiger partial charge in [-0.25, -0.2) is 0 Å². The maximum atomic E-state index is 3.77. The second-order valence-electron chi connectivity index (χ2n) is 7.37. The normalized spacial score (nSPS) is 34.0. The van der Waals surface area contributed by atoms with Crippen molar-refractivity contribution in [3.8, 4) is 0 Å². The lowest BCUT2D eigenvalue weighted by atomic mass is 9.83. The number of piperidine rings is 1. The first-order valence-corrected chi connectivity index (χ1v) is 10.4. The fourth-order valence-electron chi connectivity index (χ4n) is 4.27. The zero-order valence-corrected chi connectivity index (χ0v) is 15.5. The zero-order chi connectivity index (χ0) is 15.3. The summed E-state index contributed by atoms with van der Waals surface area (Å²) in [6, 6.07) is 1.45. The number of nitrogens with one attached hydrogen (secondary N) is 1. The number of thioether (sulfide) groups is 1. The molecule has 0 spiro atoms. The lowest BCUT2D eigenvalue weighted by molar-refractivity contribution is 0.0706. The van der Waals surface area contributed by atoms with E-state index < -0.39 is 0 Å². The van der Waals surface area contributed by atoms with E-state index in [9.17, 15) is 0 Å². The highest BCUT2D eigenvalue weighted by atomic mass is 32.2. The summed E-state index contributed by atoms with van der Waals surface area (Å²) in [5.74, 6) is 0.771. The Morgan fingerprint density at radius 1 is 1.19 bits per heavy atom. The SMILES string of the molecule is CCCNC1CCN(CC2(SC)CCCCC2)C(C)C1C. The van der Waals surface area contributed by atoms with Crippen molar-refractivity contribution in [3.63, 3.8) is 0 Å². The van der Waals surface area contributed by atoms with Crippen molar-refractivity contribution in [1.82, 2.24) is 10.2 Å². The largest absolute Gasteiger partial charge is 0.314 e. The Labute approximate surface area is 136 Å². The topological polar surface area (TPSA) is 15.3 Å². The van der Waals surface area contributed by atoms with Crippen LogP contribution in [-0.4, -0.2) is 47.6 Å². The van der Waals surface area contributed by atoms with E-state index in [4.69, 9.17) is 0 Å². The molecule has 0 aromatic heterocycles. The molecule has 124 valence electrons. The average Bonchev–Trinajstić information content (AvgIpc) is 2.52. The van der Waals surface area contributed by atoms with Gasteiger partial charge in [0.05, 0.1) is 0 Å². The van der Waals surface area contributed by atoms with E-state index >= 15 is 0 Å². The molecule has 2 nitrogen and oxygen atoms in total. The second kappa shape index (κ2) is 8.21. The number of hydrogen-bond donors (Lipinski definition) is 1. The molecule has 3 atom stereocenters. The second-order valence-corrected chi connectivity index (χ2v) is 8.64. The number of rotatable bonds is 6. The van der Waals surface area contributed by atoms with Gasteiger partial charge < -0.3 is 5.32 Å². The molecule has 1 saturated carbocycles. The third-order valence-corrected chi connectivity index (χ3v) is 7.45. The molecule has 2 rings (SSSR count). The lowest BCUT2D eigenvalue weighted by Crippen LogP contribution is -2.56. The van der Waals surface area contributed by atoms with Crippen LogP contribution in [0.2, 0.25) is 0 Å². The third kappa shape index (κ3) is 4.39. The van der Waals surface area contributed by atoms with Crippen molar-refractivity contribution in [2.24, 2.45) is 5.92 Å². The number of hydrogen-bond acceptors (Lipinski definition) is 3. The maximum Gasteiger partial charge on any atom is 0.0284 e. The van der Waals surface area contributed by atoms with Gasteiger partial charge in [-0.2, -0.15) is 11.8 Å². The van der Waals surface area contributed by atoms with E-state index in [2.05, 4.69) is 49.0 Å². The summed E-state index contributed by atoms with van der Waals surface area (Å²) in [4.78, 5) is 2.80. The Morgan fingerprint density at radius 3 is 2.52 bits per heavy atom. The fraction of sp³-hybridized carbons (Fsp3) is 1.00. The van der Waals surface area contributed by atoms with Gasteiger partial charge in [0.1, 0.15) is 0 Å². The Morgan fingerprint density at radius 2 is 1.90 bits per heavy atom. The molecule has 1 aliphatic carbocycles. The molecule has 1 saturated heterocycles.